The number of hydrogen-bond donors (Lipinski definition) is 2. The number of carbonyl (C=O) groups is 1. The van der Waals surface area contributed by atoms with Crippen LogP contribution in [-0.4, -0.2) is 51.6 Å². The Morgan fingerprint density at radius 1 is 1.35 bits per heavy atom. The lowest BCUT2D eigenvalue weighted by Gasteiger charge is -2.34. The third kappa shape index (κ3) is 6.25. The number of amides is 1. The zero-order valence-electron chi connectivity index (χ0n) is 11.0. The number of nitrogens with one attached hydrogen (secondary N) is 1. The van der Waals surface area contributed by atoms with Crippen molar-refractivity contribution in [1.82, 2.24) is 5.32 Å². The highest BCUT2D eigenvalue weighted by Crippen LogP contribution is 2.29. The zero-order chi connectivity index (χ0) is 14.4. The second-order valence-corrected chi connectivity index (χ2v) is 4.52. The normalized spacial score (nSPS) is 18.2. The summed E-state index contributed by atoms with van der Waals surface area (Å²) in [6.07, 6.45) is -3.29. The van der Waals surface area contributed by atoms with E-state index >= 15 is 0 Å². The molecular weight excluding hydrogens is 301 g/mol. The third-order valence-corrected chi connectivity index (χ3v) is 3.12. The molecule has 0 spiro atoms. The molecule has 0 radical (unpaired) electrons. The van der Waals surface area contributed by atoms with Gasteiger partial charge in [-0.2, -0.15) is 13.2 Å². The molecule has 0 aliphatic carbocycles. The molecule has 0 aromatic rings. The van der Waals surface area contributed by atoms with Crippen LogP contribution in [0.2, 0.25) is 0 Å². The van der Waals surface area contributed by atoms with Crippen molar-refractivity contribution in [3.8, 4) is 0 Å². The van der Waals surface area contributed by atoms with E-state index in [2.05, 4.69) is 10.1 Å². The highest BCUT2D eigenvalue weighted by atomic mass is 35.5. The van der Waals surface area contributed by atoms with E-state index in [9.17, 15) is 18.0 Å². The Morgan fingerprint density at radius 2 is 1.95 bits per heavy atom. The summed E-state index contributed by atoms with van der Waals surface area (Å²) >= 11 is 0. The topological polar surface area (TPSA) is 73.6 Å². The number of alkyl halides is 3. The van der Waals surface area contributed by atoms with Crippen molar-refractivity contribution in [2.24, 2.45) is 11.1 Å². The number of halogens is 4. The predicted molar refractivity (Wildman–Crippen MR) is 68.7 cm³/mol. The quantitative estimate of drug-likeness (QED) is 0.712. The van der Waals surface area contributed by atoms with Crippen molar-refractivity contribution in [3.63, 3.8) is 0 Å². The molecule has 20 heavy (non-hydrogen) atoms. The lowest BCUT2D eigenvalue weighted by Crippen LogP contribution is -2.49. The van der Waals surface area contributed by atoms with E-state index in [1.54, 1.807) is 0 Å². The Balaban J connectivity index is 0.00000361. The predicted octanol–water partition coefficient (Wildman–Crippen LogP) is 0.859. The zero-order valence-corrected chi connectivity index (χ0v) is 11.8. The van der Waals surface area contributed by atoms with Gasteiger partial charge < -0.3 is 20.5 Å². The van der Waals surface area contributed by atoms with Crippen molar-refractivity contribution in [2.45, 2.75) is 19.0 Å². The molecule has 0 saturated carbocycles. The highest BCUT2D eigenvalue weighted by Gasteiger charge is 2.38. The first-order valence-electron chi connectivity index (χ1n) is 6.10. The lowest BCUT2D eigenvalue weighted by atomic mass is 9.79. The number of carbonyl (C=O) groups excluding carboxylic acids is 1. The van der Waals surface area contributed by atoms with E-state index in [1.807, 2.05) is 0 Å². The Labute approximate surface area is 121 Å². The van der Waals surface area contributed by atoms with Gasteiger partial charge in [0, 0.05) is 26.3 Å². The van der Waals surface area contributed by atoms with Crippen LogP contribution in [0.4, 0.5) is 13.2 Å². The average Bonchev–Trinajstić information content (AvgIpc) is 2.37. The number of ether oxygens (including phenoxy) is 2. The van der Waals surface area contributed by atoms with Crippen LogP contribution in [0.5, 0.6) is 0 Å². The largest absolute Gasteiger partial charge is 0.411 e. The van der Waals surface area contributed by atoms with Crippen molar-refractivity contribution in [3.05, 3.63) is 0 Å². The highest BCUT2D eigenvalue weighted by molar-refractivity contribution is 5.85. The molecular formula is C11H20ClF3N2O3. The van der Waals surface area contributed by atoms with Gasteiger partial charge >= 0.3 is 6.18 Å². The second-order valence-electron chi connectivity index (χ2n) is 4.52. The Kier molecular flexibility index (Phi) is 8.41. The van der Waals surface area contributed by atoms with E-state index in [0.717, 1.165) is 0 Å². The summed E-state index contributed by atoms with van der Waals surface area (Å²) in [4.78, 5) is 12.0. The van der Waals surface area contributed by atoms with Crippen molar-refractivity contribution in [2.75, 3.05) is 39.5 Å². The van der Waals surface area contributed by atoms with Gasteiger partial charge in [0.15, 0.2) is 0 Å². The van der Waals surface area contributed by atoms with Crippen LogP contribution in [0, 0.1) is 5.41 Å². The summed E-state index contributed by atoms with van der Waals surface area (Å²) in [5.74, 6) is -0.242. The Morgan fingerprint density at radius 3 is 2.45 bits per heavy atom. The van der Waals surface area contributed by atoms with Crippen LogP contribution in [0.15, 0.2) is 0 Å². The maximum atomic E-state index is 12.0. The molecule has 5 nitrogen and oxygen atoms in total. The number of nitrogens with two attached hydrogens (primary N) is 1. The molecule has 1 saturated heterocycles. The van der Waals surface area contributed by atoms with Crippen molar-refractivity contribution < 1.29 is 27.4 Å². The van der Waals surface area contributed by atoms with Gasteiger partial charge in [0.1, 0.15) is 6.61 Å². The average molecular weight is 321 g/mol. The molecule has 3 N–H and O–H groups in total. The van der Waals surface area contributed by atoms with Gasteiger partial charge in [0.25, 0.3) is 0 Å². The molecule has 1 amide bonds. The number of hydrogen-bond acceptors (Lipinski definition) is 4. The van der Waals surface area contributed by atoms with Gasteiger partial charge in [-0.25, -0.2) is 0 Å². The maximum absolute atomic E-state index is 12.0. The van der Waals surface area contributed by atoms with Gasteiger partial charge in [0.2, 0.25) is 5.91 Å². The van der Waals surface area contributed by atoms with Gasteiger partial charge in [-0.05, 0) is 12.8 Å². The van der Waals surface area contributed by atoms with Crippen LogP contribution < -0.4 is 11.1 Å². The van der Waals surface area contributed by atoms with Crippen molar-refractivity contribution >= 4 is 18.3 Å². The van der Waals surface area contributed by atoms with Crippen LogP contribution in [-0.2, 0) is 14.3 Å². The van der Waals surface area contributed by atoms with E-state index in [0.29, 0.717) is 26.1 Å². The molecule has 1 rings (SSSR count). The summed E-state index contributed by atoms with van der Waals surface area (Å²) in [5.41, 5.74) is 4.97. The van der Waals surface area contributed by atoms with Crippen molar-refractivity contribution in [1.29, 1.82) is 0 Å². The first kappa shape index (κ1) is 19.4. The molecule has 0 aromatic heterocycles. The molecule has 120 valence electrons. The minimum Gasteiger partial charge on any atom is -0.381 e. The summed E-state index contributed by atoms with van der Waals surface area (Å²) in [6, 6.07) is 0. The molecule has 0 unspecified atom stereocenters. The van der Waals surface area contributed by atoms with Gasteiger partial charge in [0.05, 0.1) is 12.0 Å². The van der Waals surface area contributed by atoms with Gasteiger partial charge in [-0.1, -0.05) is 0 Å². The summed E-state index contributed by atoms with van der Waals surface area (Å²) in [7, 11) is 0. The molecule has 0 atom stereocenters. The fourth-order valence-corrected chi connectivity index (χ4v) is 1.90. The Hall–Kier alpha value is -0.570. The molecule has 0 aromatic carbocycles. The monoisotopic (exact) mass is 320 g/mol. The summed E-state index contributed by atoms with van der Waals surface area (Å²) < 4.78 is 45.0. The maximum Gasteiger partial charge on any atom is 0.411 e. The fraction of sp³-hybridized carbons (Fsp3) is 0.909. The minimum absolute atomic E-state index is 0. The second kappa shape index (κ2) is 8.66. The van der Waals surface area contributed by atoms with Gasteiger partial charge in [-0.3, -0.25) is 4.79 Å². The summed E-state index contributed by atoms with van der Waals surface area (Å²) in [5, 5.41) is 2.56. The first-order chi connectivity index (χ1) is 8.90. The first-order valence-corrected chi connectivity index (χ1v) is 6.10. The van der Waals surface area contributed by atoms with E-state index in [-0.39, 0.29) is 38.0 Å². The third-order valence-electron chi connectivity index (χ3n) is 3.12. The fourth-order valence-electron chi connectivity index (χ4n) is 1.90. The number of rotatable bonds is 6. The van der Waals surface area contributed by atoms with Gasteiger partial charge in [-0.15, -0.1) is 12.4 Å². The molecule has 1 fully saturated rings. The van der Waals surface area contributed by atoms with Crippen LogP contribution in [0.1, 0.15) is 12.8 Å². The van der Waals surface area contributed by atoms with E-state index < -0.39 is 18.2 Å². The SMILES string of the molecule is Cl.NCC1(C(=O)NCCOCC(F)(F)F)CCOCC1. The molecule has 1 aliphatic rings. The van der Waals surface area contributed by atoms with Crippen LogP contribution in [0.25, 0.3) is 0 Å². The van der Waals surface area contributed by atoms with Crippen LogP contribution >= 0.6 is 12.4 Å². The Bertz CT molecular complexity index is 297. The molecule has 9 heteroatoms. The van der Waals surface area contributed by atoms with E-state index in [4.69, 9.17) is 10.5 Å². The molecule has 0 bridgehead atoms. The minimum atomic E-state index is -4.34. The van der Waals surface area contributed by atoms with Crippen LogP contribution in [0.3, 0.4) is 0 Å². The standard InChI is InChI=1S/C11H19F3N2O3.ClH/c12-11(13,14)8-19-6-3-16-9(17)10(7-15)1-4-18-5-2-10;/h1-8,15H2,(H,16,17);1H. The smallest absolute Gasteiger partial charge is 0.381 e. The van der Waals surface area contributed by atoms with E-state index in [1.165, 1.54) is 0 Å². The summed E-state index contributed by atoms with van der Waals surface area (Å²) in [6.45, 7) is -0.311. The lowest BCUT2D eigenvalue weighted by molar-refractivity contribution is -0.173. The molecule has 1 heterocycles. The molecule has 1 aliphatic heterocycles.